The number of rotatable bonds is 11. The molecular weight excluding hydrogens is 256 g/mol. The molecule has 1 aromatic carbocycles. The third-order valence-electron chi connectivity index (χ3n) is 4.69. The van der Waals surface area contributed by atoms with Gasteiger partial charge in [0.05, 0.1) is 0 Å². The second kappa shape index (κ2) is 9.97. The molecule has 1 aromatic rings. The Bertz CT molecular complexity index is 359. The van der Waals surface area contributed by atoms with Crippen LogP contribution in [0.1, 0.15) is 77.7 Å². The molecule has 0 fully saturated rings. The number of hydrazine groups is 1. The zero-order valence-electron chi connectivity index (χ0n) is 14.2. The summed E-state index contributed by atoms with van der Waals surface area (Å²) >= 11 is 0. The molecule has 0 saturated heterocycles. The van der Waals surface area contributed by atoms with Crippen molar-refractivity contribution < 1.29 is 0 Å². The van der Waals surface area contributed by atoms with Gasteiger partial charge in [0.2, 0.25) is 0 Å². The van der Waals surface area contributed by atoms with Crippen molar-refractivity contribution >= 4 is 0 Å². The Hall–Kier alpha value is -0.860. The summed E-state index contributed by atoms with van der Waals surface area (Å²) in [6, 6.07) is 11.0. The molecule has 0 aliphatic heterocycles. The summed E-state index contributed by atoms with van der Waals surface area (Å²) in [5, 5.41) is 0. The van der Waals surface area contributed by atoms with E-state index >= 15 is 0 Å². The predicted molar refractivity (Wildman–Crippen MR) is 93.2 cm³/mol. The van der Waals surface area contributed by atoms with Crippen molar-refractivity contribution in [2.75, 3.05) is 0 Å². The Labute approximate surface area is 131 Å². The second-order valence-electron chi connectivity index (χ2n) is 6.72. The van der Waals surface area contributed by atoms with Gasteiger partial charge in [-0.25, -0.2) is 0 Å². The predicted octanol–water partition coefficient (Wildman–Crippen LogP) is 4.94. The second-order valence-corrected chi connectivity index (χ2v) is 6.72. The summed E-state index contributed by atoms with van der Waals surface area (Å²) in [6.07, 6.45) is 10.6. The molecule has 2 nitrogen and oxygen atoms in total. The van der Waals surface area contributed by atoms with Gasteiger partial charge in [-0.2, -0.15) is 0 Å². The van der Waals surface area contributed by atoms with Gasteiger partial charge in [-0.3, -0.25) is 11.3 Å². The highest BCUT2D eigenvalue weighted by atomic mass is 15.2. The molecule has 3 N–H and O–H groups in total. The summed E-state index contributed by atoms with van der Waals surface area (Å²) in [6.45, 7) is 6.84. The molecule has 2 heteroatoms. The lowest BCUT2D eigenvalue weighted by Gasteiger charge is -2.34. The molecule has 0 spiro atoms. The number of benzene rings is 1. The molecule has 0 aromatic heterocycles. The van der Waals surface area contributed by atoms with Crippen molar-refractivity contribution in [1.29, 1.82) is 0 Å². The van der Waals surface area contributed by atoms with E-state index in [1.807, 2.05) is 0 Å². The molecule has 21 heavy (non-hydrogen) atoms. The van der Waals surface area contributed by atoms with Crippen LogP contribution in [-0.4, -0.2) is 6.04 Å². The molecule has 0 bridgehead atoms. The molecule has 1 unspecified atom stereocenters. The minimum Gasteiger partial charge on any atom is -0.271 e. The van der Waals surface area contributed by atoms with Gasteiger partial charge in [-0.1, -0.05) is 96.0 Å². The minimum absolute atomic E-state index is 0.0677. The first-order chi connectivity index (χ1) is 10.1. The number of nitrogens with one attached hydrogen (secondary N) is 1. The van der Waals surface area contributed by atoms with Crippen molar-refractivity contribution in [2.45, 2.75) is 83.6 Å². The quantitative estimate of drug-likeness (QED) is 0.344. The summed E-state index contributed by atoms with van der Waals surface area (Å²) in [5.41, 5.74) is 4.48. The van der Waals surface area contributed by atoms with Gasteiger partial charge in [0.1, 0.15) is 0 Å². The smallest absolute Gasteiger partial charge is 0.0302 e. The van der Waals surface area contributed by atoms with Crippen molar-refractivity contribution in [3.8, 4) is 0 Å². The first kappa shape index (κ1) is 18.2. The monoisotopic (exact) mass is 290 g/mol. The fourth-order valence-corrected chi connectivity index (χ4v) is 3.03. The van der Waals surface area contributed by atoms with Crippen LogP contribution in [0.3, 0.4) is 0 Å². The standard InChI is InChI=1S/C19H34N2/c1-4-5-6-7-8-9-13-16-18(21-20)19(2,3)17-14-11-10-12-15-17/h10-12,14-15,18,21H,4-9,13,16,20H2,1-3H3. The molecule has 0 radical (unpaired) electrons. The highest BCUT2D eigenvalue weighted by Crippen LogP contribution is 2.29. The van der Waals surface area contributed by atoms with Crippen LogP contribution in [-0.2, 0) is 5.41 Å². The van der Waals surface area contributed by atoms with E-state index in [1.165, 1.54) is 50.5 Å². The largest absolute Gasteiger partial charge is 0.271 e. The highest BCUT2D eigenvalue weighted by molar-refractivity contribution is 5.25. The molecule has 0 heterocycles. The zero-order chi connectivity index (χ0) is 15.6. The van der Waals surface area contributed by atoms with Crippen molar-refractivity contribution in [3.63, 3.8) is 0 Å². The van der Waals surface area contributed by atoms with Gasteiger partial charge in [0.15, 0.2) is 0 Å². The van der Waals surface area contributed by atoms with Gasteiger partial charge < -0.3 is 0 Å². The van der Waals surface area contributed by atoms with E-state index < -0.39 is 0 Å². The third-order valence-corrected chi connectivity index (χ3v) is 4.69. The number of hydrogen-bond acceptors (Lipinski definition) is 2. The van der Waals surface area contributed by atoms with Gasteiger partial charge >= 0.3 is 0 Å². The van der Waals surface area contributed by atoms with Gasteiger partial charge in [0.25, 0.3) is 0 Å². The molecule has 1 rings (SSSR count). The van der Waals surface area contributed by atoms with Crippen LogP contribution in [0.15, 0.2) is 30.3 Å². The lowest BCUT2D eigenvalue weighted by Crippen LogP contribution is -2.48. The Morgan fingerprint density at radius 2 is 1.52 bits per heavy atom. The maximum Gasteiger partial charge on any atom is 0.0302 e. The zero-order valence-corrected chi connectivity index (χ0v) is 14.2. The van der Waals surface area contributed by atoms with E-state index in [-0.39, 0.29) is 5.41 Å². The maximum atomic E-state index is 5.83. The molecular formula is C19H34N2. The Balaban J connectivity index is 2.37. The fraction of sp³-hybridized carbons (Fsp3) is 0.684. The molecule has 0 amide bonds. The Morgan fingerprint density at radius 3 is 2.10 bits per heavy atom. The van der Waals surface area contributed by atoms with Gasteiger partial charge in [-0.05, 0) is 12.0 Å². The lowest BCUT2D eigenvalue weighted by atomic mass is 9.76. The van der Waals surface area contributed by atoms with Crippen molar-refractivity contribution in [1.82, 2.24) is 5.43 Å². The van der Waals surface area contributed by atoms with Gasteiger partial charge in [-0.15, -0.1) is 0 Å². The SMILES string of the molecule is CCCCCCCCCC(NN)C(C)(C)c1ccccc1. The Morgan fingerprint density at radius 1 is 0.952 bits per heavy atom. The molecule has 120 valence electrons. The fourth-order valence-electron chi connectivity index (χ4n) is 3.03. The van der Waals surface area contributed by atoms with Crippen LogP contribution in [0.4, 0.5) is 0 Å². The number of unbranched alkanes of at least 4 members (excludes halogenated alkanes) is 6. The minimum atomic E-state index is 0.0677. The molecule has 0 saturated carbocycles. The van der Waals surface area contributed by atoms with Crippen LogP contribution in [0.25, 0.3) is 0 Å². The summed E-state index contributed by atoms with van der Waals surface area (Å²) < 4.78 is 0. The molecule has 0 aliphatic rings. The van der Waals surface area contributed by atoms with E-state index in [1.54, 1.807) is 0 Å². The maximum absolute atomic E-state index is 5.83. The summed E-state index contributed by atoms with van der Waals surface area (Å²) in [4.78, 5) is 0. The van der Waals surface area contributed by atoms with Crippen LogP contribution in [0.5, 0.6) is 0 Å². The van der Waals surface area contributed by atoms with Crippen LogP contribution < -0.4 is 11.3 Å². The van der Waals surface area contributed by atoms with E-state index in [0.29, 0.717) is 6.04 Å². The number of hydrogen-bond donors (Lipinski definition) is 2. The highest BCUT2D eigenvalue weighted by Gasteiger charge is 2.29. The summed E-state index contributed by atoms with van der Waals surface area (Å²) in [7, 11) is 0. The molecule has 1 atom stereocenters. The summed E-state index contributed by atoms with van der Waals surface area (Å²) in [5.74, 6) is 5.83. The van der Waals surface area contributed by atoms with E-state index in [9.17, 15) is 0 Å². The third kappa shape index (κ3) is 6.19. The van der Waals surface area contributed by atoms with E-state index in [2.05, 4.69) is 56.5 Å². The van der Waals surface area contributed by atoms with Crippen molar-refractivity contribution in [3.05, 3.63) is 35.9 Å². The van der Waals surface area contributed by atoms with Crippen molar-refractivity contribution in [2.24, 2.45) is 5.84 Å². The molecule has 0 aliphatic carbocycles. The van der Waals surface area contributed by atoms with Crippen LogP contribution in [0.2, 0.25) is 0 Å². The van der Waals surface area contributed by atoms with Gasteiger partial charge in [0, 0.05) is 11.5 Å². The topological polar surface area (TPSA) is 38.0 Å². The van der Waals surface area contributed by atoms with Crippen LogP contribution >= 0.6 is 0 Å². The average Bonchev–Trinajstić information content (AvgIpc) is 2.50. The van der Waals surface area contributed by atoms with E-state index in [0.717, 1.165) is 6.42 Å². The first-order valence-electron chi connectivity index (χ1n) is 8.64. The normalized spacial score (nSPS) is 13.3. The Kier molecular flexibility index (Phi) is 8.63. The average molecular weight is 290 g/mol. The van der Waals surface area contributed by atoms with Crippen LogP contribution in [0, 0.1) is 0 Å². The first-order valence-corrected chi connectivity index (χ1v) is 8.64. The lowest BCUT2D eigenvalue weighted by molar-refractivity contribution is 0.316. The van der Waals surface area contributed by atoms with E-state index in [4.69, 9.17) is 5.84 Å². The number of nitrogens with two attached hydrogens (primary N) is 1.